The Kier molecular flexibility index (Phi) is 19.0. The molecule has 286 valence electrons. The Morgan fingerprint density at radius 3 is 2.33 bits per heavy atom. The Hall–Kier alpha value is -4.17. The summed E-state index contributed by atoms with van der Waals surface area (Å²) in [7, 11) is 1.67. The summed E-state index contributed by atoms with van der Waals surface area (Å²) in [6.07, 6.45) is 4.83. The molecule has 1 heterocycles. The molecule has 0 bridgehead atoms. The van der Waals surface area contributed by atoms with Gasteiger partial charge in [-0.2, -0.15) is 0 Å². The number of methoxy groups -OCH3 is 1. The van der Waals surface area contributed by atoms with E-state index in [1.165, 1.54) is 0 Å². The number of hydrogen-bond acceptors (Lipinski definition) is 11. The molecular weight excluding hydrogens is 672 g/mol. The van der Waals surface area contributed by atoms with Crippen LogP contribution in [-0.4, -0.2) is 99.7 Å². The Morgan fingerprint density at radius 2 is 1.60 bits per heavy atom. The number of aliphatic hydroxyl groups is 1. The van der Waals surface area contributed by atoms with E-state index in [2.05, 4.69) is 12.2 Å². The number of benzene rings is 2. The van der Waals surface area contributed by atoms with E-state index in [-0.39, 0.29) is 43.7 Å². The van der Waals surface area contributed by atoms with Crippen molar-refractivity contribution < 1.29 is 52.9 Å². The highest BCUT2D eigenvalue weighted by Crippen LogP contribution is 2.47. The summed E-state index contributed by atoms with van der Waals surface area (Å²) in [6, 6.07) is 11.5. The van der Waals surface area contributed by atoms with Gasteiger partial charge in [0.15, 0.2) is 5.78 Å². The minimum Gasteiger partial charge on any atom is -0.432 e. The first-order chi connectivity index (χ1) is 25.2. The van der Waals surface area contributed by atoms with Crippen molar-refractivity contribution in [3.8, 4) is 11.1 Å². The number of Topliss-reactive ketones (excluding diaryl/α,β-unsaturated/α-hetero) is 1. The van der Waals surface area contributed by atoms with Crippen molar-refractivity contribution in [1.29, 1.82) is 0 Å². The fraction of sp³-hybridized carbons (Fsp3) is 0.564. The highest BCUT2D eigenvalue weighted by Gasteiger charge is 2.36. The quantitative estimate of drug-likeness (QED) is 0.0688. The van der Waals surface area contributed by atoms with Gasteiger partial charge in [-0.05, 0) is 61.3 Å². The van der Waals surface area contributed by atoms with Gasteiger partial charge < -0.3 is 29.4 Å². The number of rotatable bonds is 22. The van der Waals surface area contributed by atoms with E-state index < -0.39 is 18.0 Å². The number of nitrogens with one attached hydrogen (secondary N) is 1. The molecule has 2 aromatic rings. The topological polar surface area (TPSA) is 167 Å². The number of aryl methyl sites for hydroxylation is 1. The number of amides is 3. The molecule has 4 rings (SSSR count). The molecule has 1 aliphatic carbocycles. The highest BCUT2D eigenvalue weighted by atomic mass is 16.8. The number of ketones is 1. The molecule has 0 aromatic heterocycles. The Labute approximate surface area is 306 Å². The van der Waals surface area contributed by atoms with Gasteiger partial charge in [0.2, 0.25) is 5.91 Å². The van der Waals surface area contributed by atoms with Crippen LogP contribution >= 0.6 is 0 Å². The van der Waals surface area contributed by atoms with Crippen LogP contribution in [0.25, 0.3) is 11.1 Å². The number of carbonyl (C=O) groups is 5. The van der Waals surface area contributed by atoms with Crippen LogP contribution in [0.15, 0.2) is 36.4 Å². The third-order valence-corrected chi connectivity index (χ3v) is 8.52. The second kappa shape index (κ2) is 23.4. The van der Waals surface area contributed by atoms with Crippen LogP contribution in [0.2, 0.25) is 0 Å². The predicted molar refractivity (Wildman–Crippen MR) is 193 cm³/mol. The van der Waals surface area contributed by atoms with Gasteiger partial charge in [0.1, 0.15) is 6.61 Å². The lowest BCUT2D eigenvalue weighted by Crippen LogP contribution is -2.32. The van der Waals surface area contributed by atoms with Crippen molar-refractivity contribution in [1.82, 2.24) is 10.4 Å². The number of hydrogen-bond donors (Lipinski definition) is 2. The maximum absolute atomic E-state index is 13.2. The number of carbonyl (C=O) groups excluding carboxylic acids is 5. The fourth-order valence-electron chi connectivity index (χ4n) is 5.83. The lowest BCUT2D eigenvalue weighted by Gasteiger charge is -2.16. The smallest absolute Gasteiger partial charge is 0.432 e. The second-order valence-corrected chi connectivity index (χ2v) is 12.6. The highest BCUT2D eigenvalue weighted by molar-refractivity contribution is 6.05. The second-order valence-electron chi connectivity index (χ2n) is 12.6. The predicted octanol–water partition coefficient (Wildman–Crippen LogP) is 5.42. The van der Waals surface area contributed by atoms with Crippen molar-refractivity contribution in [3.63, 3.8) is 0 Å². The number of nitrogens with zero attached hydrogens (tertiary/aromatic N) is 1. The Bertz CT molecular complexity index is 1460. The van der Waals surface area contributed by atoms with Crippen molar-refractivity contribution in [2.24, 2.45) is 0 Å². The maximum Gasteiger partial charge on any atom is 0.533 e. The van der Waals surface area contributed by atoms with E-state index in [4.69, 9.17) is 28.9 Å². The molecular formula is C39H54N2O11. The summed E-state index contributed by atoms with van der Waals surface area (Å²) < 4.78 is 21.1. The van der Waals surface area contributed by atoms with Gasteiger partial charge in [0, 0.05) is 83.9 Å². The van der Waals surface area contributed by atoms with Gasteiger partial charge >= 0.3 is 6.16 Å². The van der Waals surface area contributed by atoms with E-state index in [1.807, 2.05) is 43.3 Å². The molecule has 2 aromatic carbocycles. The monoisotopic (exact) mass is 726 g/mol. The van der Waals surface area contributed by atoms with Crippen LogP contribution in [0.5, 0.6) is 0 Å². The molecule has 0 saturated carbocycles. The van der Waals surface area contributed by atoms with E-state index in [1.54, 1.807) is 7.11 Å². The first-order valence-corrected chi connectivity index (χ1v) is 18.2. The average Bonchev–Trinajstić information content (AvgIpc) is 3.63. The average molecular weight is 727 g/mol. The summed E-state index contributed by atoms with van der Waals surface area (Å²) in [6.45, 7) is 7.76. The molecule has 52 heavy (non-hydrogen) atoms. The SMILES string of the molecule is CCCCC(=O)NCCOCCCOC.Cc1ccc2c(c1)C(COC(=O)ON1C(=O)CCC1=O)c1cccc(C(=O)CCCOCCCCO)c1-2. The molecule has 3 amide bonds. The lowest BCUT2D eigenvalue weighted by molar-refractivity contribution is -0.177. The van der Waals surface area contributed by atoms with Crippen LogP contribution < -0.4 is 5.32 Å². The van der Waals surface area contributed by atoms with Crippen LogP contribution in [0.3, 0.4) is 0 Å². The molecule has 0 spiro atoms. The zero-order valence-corrected chi connectivity index (χ0v) is 30.7. The van der Waals surface area contributed by atoms with E-state index in [0.717, 1.165) is 60.1 Å². The van der Waals surface area contributed by atoms with Crippen LogP contribution in [0.1, 0.15) is 104 Å². The molecule has 1 atom stereocenters. The summed E-state index contributed by atoms with van der Waals surface area (Å²) in [4.78, 5) is 64.9. The molecule has 0 radical (unpaired) electrons. The molecule has 1 saturated heterocycles. The number of ether oxygens (including phenoxy) is 4. The standard InChI is InChI=1S/C28H31NO8.C11H23NO3/c1-18-9-10-20-22(16-18)23(17-36-28(34)37-29-25(32)11-12-26(29)33)19-6-4-7-21(27(19)20)24(31)8-5-15-35-14-3-2-13-30;1-3-4-6-11(13)12-7-10-15-9-5-8-14-2/h4,6-7,9-10,16,23,30H,2-3,5,8,11-15,17H2,1H3;3-10H2,1-2H3,(H,12,13). The third-order valence-electron chi connectivity index (χ3n) is 8.52. The molecule has 2 N–H and O–H groups in total. The zero-order valence-electron chi connectivity index (χ0n) is 30.7. The third kappa shape index (κ3) is 13.4. The molecule has 1 aliphatic heterocycles. The first-order valence-electron chi connectivity index (χ1n) is 18.2. The van der Waals surface area contributed by atoms with Gasteiger partial charge in [-0.15, -0.1) is 0 Å². The van der Waals surface area contributed by atoms with Gasteiger partial charge in [0.05, 0.1) is 6.61 Å². The van der Waals surface area contributed by atoms with Crippen LogP contribution in [-0.2, 0) is 38.2 Å². The van der Waals surface area contributed by atoms with Gasteiger partial charge in [-0.1, -0.05) is 60.4 Å². The van der Waals surface area contributed by atoms with Crippen LogP contribution in [0, 0.1) is 6.92 Å². The Morgan fingerprint density at radius 1 is 0.865 bits per heavy atom. The molecule has 13 heteroatoms. The normalized spacial score (nSPS) is 14.4. The largest absolute Gasteiger partial charge is 0.533 e. The minimum absolute atomic E-state index is 0.00140. The fourth-order valence-corrected chi connectivity index (χ4v) is 5.83. The van der Waals surface area contributed by atoms with E-state index >= 15 is 0 Å². The summed E-state index contributed by atoms with van der Waals surface area (Å²) in [5, 5.41) is 12.1. The molecule has 2 aliphatic rings. The number of unbranched alkanes of at least 4 members (excludes halogenated alkanes) is 2. The zero-order chi connectivity index (χ0) is 37.7. The molecule has 13 nitrogen and oxygen atoms in total. The molecule has 1 fully saturated rings. The maximum atomic E-state index is 13.2. The number of aliphatic hydroxyl groups excluding tert-OH is 1. The Balaban J connectivity index is 0.000000411. The number of imide groups is 1. The van der Waals surface area contributed by atoms with Gasteiger partial charge in [-0.25, -0.2) is 4.79 Å². The summed E-state index contributed by atoms with van der Waals surface area (Å²) in [5.41, 5.74) is 5.19. The van der Waals surface area contributed by atoms with Gasteiger partial charge in [-0.3, -0.25) is 24.0 Å². The number of hydroxylamine groups is 2. The van der Waals surface area contributed by atoms with Gasteiger partial charge in [0.25, 0.3) is 11.8 Å². The van der Waals surface area contributed by atoms with E-state index in [9.17, 15) is 24.0 Å². The van der Waals surface area contributed by atoms with E-state index in [0.29, 0.717) is 69.3 Å². The van der Waals surface area contributed by atoms with Crippen LogP contribution in [0.4, 0.5) is 4.79 Å². The van der Waals surface area contributed by atoms with Crippen molar-refractivity contribution in [3.05, 3.63) is 58.7 Å². The summed E-state index contributed by atoms with van der Waals surface area (Å²) >= 11 is 0. The summed E-state index contributed by atoms with van der Waals surface area (Å²) in [5.74, 6) is -1.35. The van der Waals surface area contributed by atoms with Crippen molar-refractivity contribution >= 4 is 29.7 Å². The lowest BCUT2D eigenvalue weighted by atomic mass is 9.93. The minimum atomic E-state index is -1.13. The van der Waals surface area contributed by atoms with Crippen molar-refractivity contribution in [2.45, 2.75) is 84.0 Å². The first kappa shape index (κ1) is 42.2. The van der Waals surface area contributed by atoms with Crippen molar-refractivity contribution in [2.75, 3.05) is 59.9 Å². The number of fused-ring (bicyclic) bond motifs is 3. The molecule has 1 unspecified atom stereocenters.